The number of aryl methyl sites for hydroxylation is 1. The van der Waals surface area contributed by atoms with Crippen molar-refractivity contribution in [2.45, 2.75) is 25.9 Å². The average molecular weight is 540 g/mol. The molecule has 0 aromatic heterocycles. The summed E-state index contributed by atoms with van der Waals surface area (Å²) < 4.78 is 15.7. The van der Waals surface area contributed by atoms with Crippen LogP contribution in [0.4, 0.5) is 15.8 Å². The van der Waals surface area contributed by atoms with E-state index in [1.54, 1.807) is 54.6 Å². The van der Waals surface area contributed by atoms with Gasteiger partial charge in [-0.3, -0.25) is 14.9 Å². The highest BCUT2D eigenvalue weighted by Crippen LogP contribution is 2.33. The minimum atomic E-state index is -1.11. The van der Waals surface area contributed by atoms with E-state index in [1.165, 1.54) is 18.2 Å². The molecule has 0 radical (unpaired) electrons. The van der Waals surface area contributed by atoms with Crippen LogP contribution >= 0.6 is 0 Å². The molecule has 0 bridgehead atoms. The second-order valence-electron chi connectivity index (χ2n) is 9.60. The molecular formula is C31H26FN3O5. The Morgan fingerprint density at radius 2 is 1.73 bits per heavy atom. The van der Waals surface area contributed by atoms with E-state index in [-0.39, 0.29) is 29.3 Å². The lowest BCUT2D eigenvalue weighted by atomic mass is 9.96. The fraction of sp³-hybridized carbons (Fsp3) is 0.161. The van der Waals surface area contributed by atoms with E-state index >= 15 is 4.39 Å². The van der Waals surface area contributed by atoms with Crippen LogP contribution in [-0.4, -0.2) is 28.5 Å². The number of carboxylic acid groups (broad SMARTS) is 1. The number of nitro benzene ring substituents is 1. The van der Waals surface area contributed by atoms with Crippen molar-refractivity contribution in [2.75, 3.05) is 11.4 Å². The summed E-state index contributed by atoms with van der Waals surface area (Å²) in [7, 11) is 0. The van der Waals surface area contributed by atoms with Crippen LogP contribution in [0.2, 0.25) is 0 Å². The second kappa shape index (κ2) is 11.4. The number of hydrogen-bond acceptors (Lipinski definition) is 5. The number of aromatic carboxylic acids is 1. The monoisotopic (exact) mass is 539 g/mol. The Morgan fingerprint density at radius 3 is 2.48 bits per heavy atom. The number of amides is 1. The Kier molecular flexibility index (Phi) is 7.54. The number of nitrogens with one attached hydrogen (secondary N) is 1. The third-order valence-corrected chi connectivity index (χ3v) is 7.04. The van der Waals surface area contributed by atoms with Gasteiger partial charge in [0.05, 0.1) is 10.5 Å². The summed E-state index contributed by atoms with van der Waals surface area (Å²) in [5.74, 6) is -1.82. The van der Waals surface area contributed by atoms with Gasteiger partial charge in [0.1, 0.15) is 5.82 Å². The van der Waals surface area contributed by atoms with E-state index < -0.39 is 16.7 Å². The van der Waals surface area contributed by atoms with Gasteiger partial charge in [0.25, 0.3) is 11.6 Å². The zero-order chi connectivity index (χ0) is 28.2. The maximum absolute atomic E-state index is 15.7. The quantitative estimate of drug-likeness (QED) is 0.210. The molecule has 4 aromatic carbocycles. The van der Waals surface area contributed by atoms with Crippen LogP contribution in [0.3, 0.4) is 0 Å². The molecule has 0 saturated carbocycles. The third-order valence-electron chi connectivity index (χ3n) is 7.04. The topological polar surface area (TPSA) is 113 Å². The van der Waals surface area contributed by atoms with Crippen molar-refractivity contribution in [3.63, 3.8) is 0 Å². The van der Waals surface area contributed by atoms with E-state index in [4.69, 9.17) is 0 Å². The first-order valence-corrected chi connectivity index (χ1v) is 12.8. The Labute approximate surface area is 229 Å². The molecule has 202 valence electrons. The molecule has 1 aliphatic heterocycles. The highest BCUT2D eigenvalue weighted by Gasteiger charge is 2.22. The molecule has 40 heavy (non-hydrogen) atoms. The number of carbonyl (C=O) groups is 2. The Morgan fingerprint density at radius 1 is 0.975 bits per heavy atom. The van der Waals surface area contributed by atoms with E-state index in [9.17, 15) is 24.8 Å². The lowest BCUT2D eigenvalue weighted by molar-refractivity contribution is -0.384. The number of benzene rings is 4. The average Bonchev–Trinajstić information content (AvgIpc) is 2.97. The number of fused-ring (bicyclic) bond motifs is 1. The summed E-state index contributed by atoms with van der Waals surface area (Å²) in [6.45, 7) is 1.25. The number of nitrogens with zero attached hydrogens (tertiary/aromatic N) is 2. The fourth-order valence-electron chi connectivity index (χ4n) is 5.02. The number of non-ortho nitro benzene ring substituents is 1. The van der Waals surface area contributed by atoms with Crippen molar-refractivity contribution in [3.05, 3.63) is 129 Å². The summed E-state index contributed by atoms with van der Waals surface area (Å²) in [5, 5.41) is 23.2. The number of nitro groups is 1. The smallest absolute Gasteiger partial charge is 0.336 e. The maximum Gasteiger partial charge on any atom is 0.336 e. The van der Waals surface area contributed by atoms with Crippen molar-refractivity contribution in [2.24, 2.45) is 0 Å². The van der Waals surface area contributed by atoms with Crippen molar-refractivity contribution in [1.82, 2.24) is 5.32 Å². The molecule has 1 heterocycles. The summed E-state index contributed by atoms with van der Waals surface area (Å²) in [5.41, 5.74) is 4.23. The van der Waals surface area contributed by atoms with Gasteiger partial charge in [-0.25, -0.2) is 9.18 Å². The molecule has 2 N–H and O–H groups in total. The van der Waals surface area contributed by atoms with Crippen LogP contribution in [0.5, 0.6) is 0 Å². The maximum atomic E-state index is 15.7. The first kappa shape index (κ1) is 26.6. The number of hydrogen-bond donors (Lipinski definition) is 2. The zero-order valence-electron chi connectivity index (χ0n) is 21.5. The van der Waals surface area contributed by atoms with Crippen molar-refractivity contribution >= 4 is 23.3 Å². The standard InChI is InChI=1S/C31H26FN3O5/c32-29-23(5-3-9-26(29)25-7-1-2-8-27(25)31(37)38)19-34-16-4-6-21-17-22(12-15-28(21)34)30(36)33-18-20-10-13-24(14-11-20)35(39)40/h1-3,5,7-15,17H,4,6,16,18-19H2,(H,33,36)(H,37,38). The molecule has 4 aromatic rings. The van der Waals surface area contributed by atoms with Gasteiger partial charge >= 0.3 is 5.97 Å². The van der Waals surface area contributed by atoms with Gasteiger partial charge in [-0.15, -0.1) is 0 Å². The van der Waals surface area contributed by atoms with E-state index in [2.05, 4.69) is 10.2 Å². The number of anilines is 1. The molecule has 0 unspecified atom stereocenters. The SMILES string of the molecule is O=C(NCc1ccc([N+](=O)[O-])cc1)c1ccc2c(c1)CCCN2Cc1cccc(-c2ccccc2C(=O)O)c1F. The van der Waals surface area contributed by atoms with Crippen LogP contribution in [0.1, 0.15) is 43.8 Å². The molecule has 5 rings (SSSR count). The highest BCUT2D eigenvalue weighted by atomic mass is 19.1. The van der Waals surface area contributed by atoms with Crippen LogP contribution in [0.15, 0.2) is 84.9 Å². The molecule has 0 atom stereocenters. The number of rotatable bonds is 8. The van der Waals surface area contributed by atoms with E-state index in [0.717, 1.165) is 29.7 Å². The minimum Gasteiger partial charge on any atom is -0.478 e. The van der Waals surface area contributed by atoms with Gasteiger partial charge in [-0.05, 0) is 53.8 Å². The summed E-state index contributed by atoms with van der Waals surface area (Å²) in [6.07, 6.45) is 1.62. The molecule has 1 aliphatic rings. The molecule has 9 heteroatoms. The molecule has 0 saturated heterocycles. The van der Waals surface area contributed by atoms with Gasteiger partial charge in [0.2, 0.25) is 0 Å². The van der Waals surface area contributed by atoms with Crippen molar-refractivity contribution in [3.8, 4) is 11.1 Å². The van der Waals surface area contributed by atoms with Gasteiger partial charge in [-0.2, -0.15) is 0 Å². The van der Waals surface area contributed by atoms with E-state index in [0.29, 0.717) is 29.8 Å². The first-order chi connectivity index (χ1) is 19.3. The molecule has 0 fully saturated rings. The number of halogens is 1. The molecular weight excluding hydrogens is 513 g/mol. The molecule has 1 amide bonds. The lowest BCUT2D eigenvalue weighted by Gasteiger charge is -2.32. The Bertz CT molecular complexity index is 1600. The lowest BCUT2D eigenvalue weighted by Crippen LogP contribution is -2.30. The predicted molar refractivity (Wildman–Crippen MR) is 149 cm³/mol. The fourth-order valence-corrected chi connectivity index (χ4v) is 5.02. The summed E-state index contributed by atoms with van der Waals surface area (Å²) >= 11 is 0. The van der Waals surface area contributed by atoms with Crippen LogP contribution in [-0.2, 0) is 19.5 Å². The molecule has 0 aliphatic carbocycles. The zero-order valence-corrected chi connectivity index (χ0v) is 21.5. The van der Waals surface area contributed by atoms with Gasteiger partial charge < -0.3 is 15.3 Å². The first-order valence-electron chi connectivity index (χ1n) is 12.8. The summed E-state index contributed by atoms with van der Waals surface area (Å²) in [4.78, 5) is 36.9. The predicted octanol–water partition coefficient (Wildman–Crippen LogP) is 5.98. The van der Waals surface area contributed by atoms with Crippen molar-refractivity contribution in [1.29, 1.82) is 0 Å². The molecule has 0 spiro atoms. The van der Waals surface area contributed by atoms with Crippen LogP contribution in [0, 0.1) is 15.9 Å². The van der Waals surface area contributed by atoms with Crippen LogP contribution in [0.25, 0.3) is 11.1 Å². The molecule has 8 nitrogen and oxygen atoms in total. The van der Waals surface area contributed by atoms with Gasteiger partial charge in [0.15, 0.2) is 0 Å². The van der Waals surface area contributed by atoms with Gasteiger partial charge in [0, 0.05) is 54.1 Å². The number of carbonyl (C=O) groups excluding carboxylic acids is 1. The highest BCUT2D eigenvalue weighted by molar-refractivity contribution is 5.96. The van der Waals surface area contributed by atoms with Crippen molar-refractivity contribution < 1.29 is 24.0 Å². The Balaban J connectivity index is 1.32. The second-order valence-corrected chi connectivity index (χ2v) is 9.60. The van der Waals surface area contributed by atoms with E-state index in [1.807, 2.05) is 12.1 Å². The van der Waals surface area contributed by atoms with Gasteiger partial charge in [-0.1, -0.05) is 48.5 Å². The Hall–Kier alpha value is -5.05. The largest absolute Gasteiger partial charge is 0.478 e. The normalized spacial score (nSPS) is 12.5. The summed E-state index contributed by atoms with van der Waals surface area (Å²) in [6, 6.07) is 22.9. The third kappa shape index (κ3) is 5.54. The van der Waals surface area contributed by atoms with Crippen LogP contribution < -0.4 is 10.2 Å². The minimum absolute atomic E-state index is 0.00833. The number of carboxylic acids is 1.